The molecule has 5 heteroatoms. The average Bonchev–Trinajstić information content (AvgIpc) is 2.74. The van der Waals surface area contributed by atoms with Crippen LogP contribution in [0, 0.1) is 6.92 Å². The van der Waals surface area contributed by atoms with Gasteiger partial charge in [0.15, 0.2) is 5.76 Å². The number of hydrogen-bond acceptors (Lipinski definition) is 4. The quantitative estimate of drug-likeness (QED) is 0.876. The Labute approximate surface area is 97.6 Å². The van der Waals surface area contributed by atoms with Crippen molar-refractivity contribution in [1.82, 2.24) is 5.16 Å². The number of rotatable bonds is 4. The predicted octanol–water partition coefficient (Wildman–Crippen LogP) is 2.26. The molecule has 0 amide bonds. The van der Waals surface area contributed by atoms with Crippen molar-refractivity contribution in [2.45, 2.75) is 13.5 Å². The Morgan fingerprint density at radius 2 is 2.35 bits per heavy atom. The molecule has 0 fully saturated rings. The monoisotopic (exact) mass is 233 g/mol. The summed E-state index contributed by atoms with van der Waals surface area (Å²) in [6.45, 7) is 2.00. The van der Waals surface area contributed by atoms with E-state index in [2.05, 4.69) is 5.16 Å². The Morgan fingerprint density at radius 1 is 1.53 bits per heavy atom. The van der Waals surface area contributed by atoms with Gasteiger partial charge in [0, 0.05) is 0 Å². The van der Waals surface area contributed by atoms with E-state index in [1.807, 2.05) is 25.1 Å². The number of ether oxygens (including phenoxy) is 1. The molecule has 2 aromatic rings. The second kappa shape index (κ2) is 4.69. The first kappa shape index (κ1) is 11.2. The largest absolute Gasteiger partial charge is 0.486 e. The van der Waals surface area contributed by atoms with E-state index >= 15 is 0 Å². The van der Waals surface area contributed by atoms with Gasteiger partial charge in [0.25, 0.3) is 0 Å². The Hall–Kier alpha value is -2.30. The van der Waals surface area contributed by atoms with Gasteiger partial charge in [0.05, 0.1) is 6.20 Å². The summed E-state index contributed by atoms with van der Waals surface area (Å²) in [5.74, 6) is -0.203. The van der Waals surface area contributed by atoms with E-state index in [0.717, 1.165) is 11.8 Å². The fourth-order valence-electron chi connectivity index (χ4n) is 1.40. The van der Waals surface area contributed by atoms with Crippen LogP contribution >= 0.6 is 0 Å². The number of hydrogen-bond donors (Lipinski definition) is 1. The lowest BCUT2D eigenvalue weighted by Crippen LogP contribution is -2.02. The van der Waals surface area contributed by atoms with Crippen LogP contribution in [-0.2, 0) is 6.61 Å². The van der Waals surface area contributed by atoms with E-state index in [1.165, 1.54) is 0 Å². The molecule has 0 spiro atoms. The van der Waals surface area contributed by atoms with Crippen molar-refractivity contribution in [3.8, 4) is 5.75 Å². The molecule has 1 heterocycles. The van der Waals surface area contributed by atoms with E-state index in [-0.39, 0.29) is 17.9 Å². The Morgan fingerprint density at radius 3 is 3.06 bits per heavy atom. The van der Waals surface area contributed by atoms with Crippen LogP contribution in [0.5, 0.6) is 5.75 Å². The van der Waals surface area contributed by atoms with Gasteiger partial charge in [-0.2, -0.15) is 0 Å². The molecule has 88 valence electrons. The standard InChI is InChI=1S/C12H11NO4/c1-8-3-2-4-9(5-8)16-7-11-10(12(14)15)6-13-17-11/h2-6H,7H2,1H3,(H,14,15). The molecule has 2 rings (SSSR count). The van der Waals surface area contributed by atoms with Crippen molar-refractivity contribution >= 4 is 5.97 Å². The molecule has 0 radical (unpaired) electrons. The average molecular weight is 233 g/mol. The fourth-order valence-corrected chi connectivity index (χ4v) is 1.40. The number of benzene rings is 1. The topological polar surface area (TPSA) is 72.6 Å². The highest BCUT2D eigenvalue weighted by Gasteiger charge is 2.15. The first-order valence-electron chi connectivity index (χ1n) is 5.03. The molecule has 5 nitrogen and oxygen atoms in total. The maximum atomic E-state index is 10.8. The lowest BCUT2D eigenvalue weighted by Gasteiger charge is -2.04. The highest BCUT2D eigenvalue weighted by Crippen LogP contribution is 2.16. The SMILES string of the molecule is Cc1cccc(OCc2oncc2C(=O)O)c1. The summed E-state index contributed by atoms with van der Waals surface area (Å²) in [5.41, 5.74) is 1.09. The molecule has 0 saturated heterocycles. The van der Waals surface area contributed by atoms with Gasteiger partial charge < -0.3 is 14.4 Å². The van der Waals surface area contributed by atoms with Crippen LogP contribution in [0.2, 0.25) is 0 Å². The van der Waals surface area contributed by atoms with E-state index in [0.29, 0.717) is 5.75 Å². The molecule has 0 atom stereocenters. The molecule has 1 aromatic carbocycles. The number of carbonyl (C=O) groups is 1. The molecular weight excluding hydrogens is 222 g/mol. The van der Waals surface area contributed by atoms with E-state index in [4.69, 9.17) is 14.4 Å². The first-order valence-corrected chi connectivity index (χ1v) is 5.03. The summed E-state index contributed by atoms with van der Waals surface area (Å²) in [6, 6.07) is 7.47. The third-order valence-electron chi connectivity index (χ3n) is 2.23. The predicted molar refractivity (Wildman–Crippen MR) is 59.0 cm³/mol. The lowest BCUT2D eigenvalue weighted by molar-refractivity contribution is 0.0691. The van der Waals surface area contributed by atoms with Gasteiger partial charge in [-0.3, -0.25) is 0 Å². The number of nitrogens with zero attached hydrogens (tertiary/aromatic N) is 1. The molecule has 17 heavy (non-hydrogen) atoms. The first-order chi connectivity index (χ1) is 8.16. The molecule has 0 aliphatic rings. The Bertz CT molecular complexity index is 533. The number of carboxylic acids is 1. The van der Waals surface area contributed by atoms with Crippen molar-refractivity contribution in [2.75, 3.05) is 0 Å². The van der Waals surface area contributed by atoms with Crippen molar-refractivity contribution in [3.63, 3.8) is 0 Å². The maximum absolute atomic E-state index is 10.8. The van der Waals surface area contributed by atoms with Crippen molar-refractivity contribution in [2.24, 2.45) is 0 Å². The van der Waals surface area contributed by atoms with Gasteiger partial charge in [0.1, 0.15) is 17.9 Å². The van der Waals surface area contributed by atoms with Crippen LogP contribution in [0.15, 0.2) is 35.0 Å². The number of aromatic nitrogens is 1. The highest BCUT2D eigenvalue weighted by atomic mass is 16.5. The maximum Gasteiger partial charge on any atom is 0.341 e. The Balaban J connectivity index is 2.07. The third kappa shape index (κ3) is 2.63. The van der Waals surface area contributed by atoms with Crippen molar-refractivity contribution in [1.29, 1.82) is 0 Å². The molecule has 0 bridgehead atoms. The summed E-state index contributed by atoms with van der Waals surface area (Å²) < 4.78 is 10.2. The summed E-state index contributed by atoms with van der Waals surface area (Å²) in [7, 11) is 0. The van der Waals surface area contributed by atoms with Crippen molar-refractivity contribution in [3.05, 3.63) is 47.3 Å². The molecule has 0 saturated carbocycles. The zero-order valence-corrected chi connectivity index (χ0v) is 9.21. The zero-order valence-electron chi connectivity index (χ0n) is 9.21. The van der Waals surface area contributed by atoms with E-state index in [9.17, 15) is 4.79 Å². The lowest BCUT2D eigenvalue weighted by atomic mass is 10.2. The number of aromatic carboxylic acids is 1. The van der Waals surface area contributed by atoms with Crippen molar-refractivity contribution < 1.29 is 19.2 Å². The van der Waals surface area contributed by atoms with Gasteiger partial charge in [-0.05, 0) is 24.6 Å². The van der Waals surface area contributed by atoms with Crippen LogP contribution in [-0.4, -0.2) is 16.2 Å². The number of aryl methyl sites for hydroxylation is 1. The summed E-state index contributed by atoms with van der Waals surface area (Å²) in [5, 5.41) is 12.3. The highest BCUT2D eigenvalue weighted by molar-refractivity contribution is 5.88. The molecule has 0 unspecified atom stereocenters. The molecular formula is C12H11NO4. The minimum absolute atomic E-state index is 0.0256. The van der Waals surface area contributed by atoms with Gasteiger partial charge in [0.2, 0.25) is 0 Å². The van der Waals surface area contributed by atoms with Crippen LogP contribution in [0.3, 0.4) is 0 Å². The second-order valence-corrected chi connectivity index (χ2v) is 3.57. The second-order valence-electron chi connectivity index (χ2n) is 3.57. The Kier molecular flexibility index (Phi) is 3.09. The minimum Gasteiger partial charge on any atom is -0.486 e. The van der Waals surface area contributed by atoms with Gasteiger partial charge in [-0.1, -0.05) is 17.3 Å². The van der Waals surface area contributed by atoms with Gasteiger partial charge in [-0.25, -0.2) is 4.79 Å². The molecule has 1 N–H and O–H groups in total. The minimum atomic E-state index is -1.07. The number of carboxylic acid groups (broad SMARTS) is 1. The van der Waals surface area contributed by atoms with Crippen LogP contribution in [0.25, 0.3) is 0 Å². The summed E-state index contributed by atoms with van der Waals surface area (Å²) in [6.07, 6.45) is 1.16. The summed E-state index contributed by atoms with van der Waals surface area (Å²) in [4.78, 5) is 10.8. The van der Waals surface area contributed by atoms with E-state index in [1.54, 1.807) is 6.07 Å². The smallest absolute Gasteiger partial charge is 0.341 e. The zero-order chi connectivity index (χ0) is 12.3. The normalized spacial score (nSPS) is 10.2. The fraction of sp³-hybridized carbons (Fsp3) is 0.167. The molecule has 1 aromatic heterocycles. The van der Waals surface area contributed by atoms with Crippen LogP contribution in [0.1, 0.15) is 21.7 Å². The third-order valence-corrected chi connectivity index (χ3v) is 2.23. The van der Waals surface area contributed by atoms with Crippen LogP contribution in [0.4, 0.5) is 0 Å². The van der Waals surface area contributed by atoms with Crippen LogP contribution < -0.4 is 4.74 Å². The van der Waals surface area contributed by atoms with Gasteiger partial charge in [-0.15, -0.1) is 0 Å². The molecule has 0 aliphatic carbocycles. The van der Waals surface area contributed by atoms with Gasteiger partial charge >= 0.3 is 5.97 Å². The molecule has 0 aliphatic heterocycles. The van der Waals surface area contributed by atoms with E-state index < -0.39 is 5.97 Å². The summed E-state index contributed by atoms with van der Waals surface area (Å²) >= 11 is 0.